The molecule has 0 unspecified atom stereocenters. The van der Waals surface area contributed by atoms with Gasteiger partial charge in [0.1, 0.15) is 11.3 Å². The highest BCUT2D eigenvalue weighted by atomic mass is 19.3. The van der Waals surface area contributed by atoms with Gasteiger partial charge in [-0.15, -0.1) is 0 Å². The number of aromatic nitrogens is 2. The molecule has 0 aliphatic carbocycles. The first kappa shape index (κ1) is 19.6. The quantitative estimate of drug-likeness (QED) is 0.773. The lowest BCUT2D eigenvalue weighted by Gasteiger charge is -2.30. The Labute approximate surface area is 146 Å². The summed E-state index contributed by atoms with van der Waals surface area (Å²) in [6, 6.07) is 0. The van der Waals surface area contributed by atoms with E-state index in [9.17, 15) is 13.6 Å². The van der Waals surface area contributed by atoms with Crippen molar-refractivity contribution < 1.29 is 23.4 Å². The monoisotopic (exact) mass is 359 g/mol. The molecule has 0 radical (unpaired) electrons. The Morgan fingerprint density at radius 3 is 2.56 bits per heavy atom. The van der Waals surface area contributed by atoms with Crippen LogP contribution in [0, 0.1) is 0 Å². The molecule has 0 saturated heterocycles. The number of halogens is 2. The van der Waals surface area contributed by atoms with Crippen molar-refractivity contribution in [2.75, 3.05) is 13.7 Å². The van der Waals surface area contributed by atoms with Crippen LogP contribution in [-0.2, 0) is 30.2 Å². The molecule has 8 heteroatoms. The van der Waals surface area contributed by atoms with E-state index >= 15 is 0 Å². The highest BCUT2D eigenvalue weighted by molar-refractivity contribution is 5.68. The van der Waals surface area contributed by atoms with Crippen molar-refractivity contribution in [3.8, 4) is 0 Å². The first-order valence-corrected chi connectivity index (χ1v) is 8.57. The number of amides is 1. The van der Waals surface area contributed by atoms with Crippen molar-refractivity contribution in [3.05, 3.63) is 17.0 Å². The SMILES string of the molecule is CC(C)(C)OC(=O)N1CCc2nn3c(c2C1)C(F)(F)CCCC3.CO. The van der Waals surface area contributed by atoms with E-state index in [1.165, 1.54) is 9.58 Å². The highest BCUT2D eigenvalue weighted by Gasteiger charge is 2.42. The van der Waals surface area contributed by atoms with Crippen LogP contribution in [0.15, 0.2) is 0 Å². The maximum Gasteiger partial charge on any atom is 0.410 e. The van der Waals surface area contributed by atoms with E-state index in [2.05, 4.69) is 5.10 Å². The lowest BCUT2D eigenvalue weighted by Crippen LogP contribution is -2.40. The van der Waals surface area contributed by atoms with Crippen LogP contribution in [0.4, 0.5) is 13.6 Å². The van der Waals surface area contributed by atoms with Crippen LogP contribution in [0.3, 0.4) is 0 Å². The number of hydrogen-bond donors (Lipinski definition) is 1. The summed E-state index contributed by atoms with van der Waals surface area (Å²) in [6.45, 7) is 6.49. The normalized spacial score (nSPS) is 19.1. The molecule has 6 nitrogen and oxygen atoms in total. The largest absolute Gasteiger partial charge is 0.444 e. The highest BCUT2D eigenvalue weighted by Crippen LogP contribution is 2.40. The van der Waals surface area contributed by atoms with Gasteiger partial charge < -0.3 is 14.7 Å². The fourth-order valence-corrected chi connectivity index (χ4v) is 3.21. The van der Waals surface area contributed by atoms with Gasteiger partial charge in [0.25, 0.3) is 5.92 Å². The number of alkyl halides is 2. The molecule has 0 saturated carbocycles. The molecule has 2 aliphatic heterocycles. The lowest BCUT2D eigenvalue weighted by atomic mass is 10.0. The predicted molar refractivity (Wildman–Crippen MR) is 88.5 cm³/mol. The third kappa shape index (κ3) is 4.29. The number of aliphatic hydroxyl groups is 1. The first-order chi connectivity index (χ1) is 11.7. The molecule has 0 spiro atoms. The standard InChI is InChI=1S/C16H23F2N3O2.CH4O/c1-15(2,3)23-14(22)20-9-6-12-11(10-20)13-16(17,18)7-4-5-8-21(13)19-12;1-2/h4-10H2,1-3H3;2H,1H3. The van der Waals surface area contributed by atoms with E-state index in [0.29, 0.717) is 43.6 Å². The van der Waals surface area contributed by atoms with Gasteiger partial charge >= 0.3 is 6.09 Å². The van der Waals surface area contributed by atoms with Gasteiger partial charge in [0.2, 0.25) is 0 Å². The van der Waals surface area contributed by atoms with Crippen molar-refractivity contribution in [2.45, 2.75) is 71.1 Å². The number of carbonyl (C=O) groups excluding carboxylic acids is 1. The predicted octanol–water partition coefficient (Wildman–Crippen LogP) is 3.06. The Bertz CT molecular complexity index is 623. The van der Waals surface area contributed by atoms with Crippen LogP contribution < -0.4 is 0 Å². The number of aryl methyl sites for hydroxylation is 1. The molecule has 3 rings (SSSR count). The Morgan fingerprint density at radius 2 is 1.92 bits per heavy atom. The molecule has 0 aromatic carbocycles. The Hall–Kier alpha value is -1.70. The van der Waals surface area contributed by atoms with Gasteiger partial charge in [0.15, 0.2) is 0 Å². The summed E-state index contributed by atoms with van der Waals surface area (Å²) in [5, 5.41) is 11.4. The van der Waals surface area contributed by atoms with Crippen molar-refractivity contribution in [3.63, 3.8) is 0 Å². The number of carbonyl (C=O) groups is 1. The van der Waals surface area contributed by atoms with E-state index in [0.717, 1.165) is 7.11 Å². The molecule has 0 atom stereocenters. The van der Waals surface area contributed by atoms with E-state index in [1.807, 2.05) is 0 Å². The zero-order valence-electron chi connectivity index (χ0n) is 15.3. The van der Waals surface area contributed by atoms with E-state index in [4.69, 9.17) is 9.84 Å². The Morgan fingerprint density at radius 1 is 1.24 bits per heavy atom. The molecule has 1 N–H and O–H groups in total. The van der Waals surface area contributed by atoms with Crippen LogP contribution in [-0.4, -0.2) is 45.1 Å². The fourth-order valence-electron chi connectivity index (χ4n) is 3.21. The van der Waals surface area contributed by atoms with Gasteiger partial charge in [0, 0.05) is 38.6 Å². The molecule has 1 aromatic heterocycles. The molecule has 3 heterocycles. The summed E-state index contributed by atoms with van der Waals surface area (Å²) < 4.78 is 35.8. The molecule has 25 heavy (non-hydrogen) atoms. The summed E-state index contributed by atoms with van der Waals surface area (Å²) in [4.78, 5) is 13.7. The molecule has 1 aromatic rings. The molecule has 1 amide bonds. The number of ether oxygens (including phenoxy) is 1. The van der Waals surface area contributed by atoms with E-state index < -0.39 is 17.6 Å². The van der Waals surface area contributed by atoms with Gasteiger partial charge in [-0.3, -0.25) is 4.68 Å². The second-order valence-corrected chi connectivity index (χ2v) is 7.31. The van der Waals surface area contributed by atoms with E-state index in [-0.39, 0.29) is 18.7 Å². The van der Waals surface area contributed by atoms with Crippen molar-refractivity contribution in [1.29, 1.82) is 0 Å². The minimum atomic E-state index is -2.88. The Balaban J connectivity index is 0.00000109. The molecule has 142 valence electrons. The smallest absolute Gasteiger partial charge is 0.410 e. The van der Waals surface area contributed by atoms with Crippen LogP contribution in [0.1, 0.15) is 57.0 Å². The van der Waals surface area contributed by atoms with Gasteiger partial charge in [-0.05, 0) is 33.6 Å². The Kier molecular flexibility index (Phi) is 5.71. The van der Waals surface area contributed by atoms with Crippen LogP contribution >= 0.6 is 0 Å². The average Bonchev–Trinajstić information content (AvgIpc) is 2.82. The minimum absolute atomic E-state index is 0.00161. The molecular weight excluding hydrogens is 332 g/mol. The summed E-state index contributed by atoms with van der Waals surface area (Å²) in [5.74, 6) is -2.88. The number of fused-ring (bicyclic) bond motifs is 3. The summed E-state index contributed by atoms with van der Waals surface area (Å²) >= 11 is 0. The number of hydrogen-bond acceptors (Lipinski definition) is 4. The zero-order chi connectivity index (χ0) is 18.8. The number of aliphatic hydroxyl groups excluding tert-OH is 1. The van der Waals surface area contributed by atoms with Crippen LogP contribution in [0.25, 0.3) is 0 Å². The topological polar surface area (TPSA) is 67.6 Å². The fraction of sp³-hybridized carbons (Fsp3) is 0.765. The number of nitrogens with zero attached hydrogens (tertiary/aromatic N) is 3. The second kappa shape index (κ2) is 7.27. The average molecular weight is 359 g/mol. The third-order valence-electron chi connectivity index (χ3n) is 4.21. The lowest BCUT2D eigenvalue weighted by molar-refractivity contribution is -0.0211. The van der Waals surface area contributed by atoms with Crippen molar-refractivity contribution in [2.24, 2.45) is 0 Å². The van der Waals surface area contributed by atoms with Gasteiger partial charge in [-0.2, -0.15) is 13.9 Å². The number of rotatable bonds is 0. The van der Waals surface area contributed by atoms with Gasteiger partial charge in [-0.25, -0.2) is 4.79 Å². The molecule has 2 aliphatic rings. The van der Waals surface area contributed by atoms with Crippen LogP contribution in [0.2, 0.25) is 0 Å². The zero-order valence-corrected chi connectivity index (χ0v) is 15.3. The second-order valence-electron chi connectivity index (χ2n) is 7.31. The molecule has 0 fully saturated rings. The van der Waals surface area contributed by atoms with Crippen LogP contribution in [0.5, 0.6) is 0 Å². The summed E-state index contributed by atoms with van der Waals surface area (Å²) in [5.41, 5.74) is 0.602. The maximum absolute atomic E-state index is 14.5. The summed E-state index contributed by atoms with van der Waals surface area (Å²) in [6.07, 6.45) is 1.07. The van der Waals surface area contributed by atoms with Gasteiger partial charge in [0.05, 0.1) is 12.2 Å². The third-order valence-corrected chi connectivity index (χ3v) is 4.21. The molecule has 0 bridgehead atoms. The van der Waals surface area contributed by atoms with Crippen molar-refractivity contribution in [1.82, 2.24) is 14.7 Å². The minimum Gasteiger partial charge on any atom is -0.444 e. The first-order valence-electron chi connectivity index (χ1n) is 8.57. The van der Waals surface area contributed by atoms with Crippen molar-refractivity contribution >= 4 is 6.09 Å². The van der Waals surface area contributed by atoms with E-state index in [1.54, 1.807) is 20.8 Å². The maximum atomic E-state index is 14.5. The summed E-state index contributed by atoms with van der Waals surface area (Å²) in [7, 11) is 1.00. The van der Waals surface area contributed by atoms with Gasteiger partial charge in [-0.1, -0.05) is 0 Å². The molecular formula is C17H27F2N3O3.